The van der Waals surface area contributed by atoms with E-state index in [2.05, 4.69) is 20.8 Å². The third kappa shape index (κ3) is 1.87. The van der Waals surface area contributed by atoms with Crippen LogP contribution in [0.5, 0.6) is 0 Å². The summed E-state index contributed by atoms with van der Waals surface area (Å²) < 4.78 is 0. The molecule has 2 rings (SSSR count). The number of rotatable bonds is 0. The summed E-state index contributed by atoms with van der Waals surface area (Å²) in [4.78, 5) is 13.3. The Labute approximate surface area is 99.4 Å². The van der Waals surface area contributed by atoms with E-state index in [1.54, 1.807) is 6.92 Å². The molecule has 0 bridgehead atoms. The minimum Gasteiger partial charge on any atom is -0.343 e. The number of likely N-dealkylation sites (tertiary alicyclic amines) is 1. The van der Waals surface area contributed by atoms with Crippen molar-refractivity contribution in [2.45, 2.75) is 53.4 Å². The Morgan fingerprint density at radius 2 is 1.75 bits per heavy atom. The van der Waals surface area contributed by atoms with E-state index in [4.69, 9.17) is 0 Å². The first kappa shape index (κ1) is 11.9. The van der Waals surface area contributed by atoms with Crippen LogP contribution in [0.15, 0.2) is 0 Å². The summed E-state index contributed by atoms with van der Waals surface area (Å²) >= 11 is 0. The molecule has 1 amide bonds. The Balaban J connectivity index is 2.00. The van der Waals surface area contributed by atoms with E-state index in [1.165, 1.54) is 25.7 Å². The first-order chi connectivity index (χ1) is 7.35. The van der Waals surface area contributed by atoms with E-state index >= 15 is 0 Å². The van der Waals surface area contributed by atoms with Gasteiger partial charge in [0.15, 0.2) is 0 Å². The van der Waals surface area contributed by atoms with Crippen LogP contribution in [0.3, 0.4) is 0 Å². The number of carbonyl (C=O) groups excluding carboxylic acids is 1. The lowest BCUT2D eigenvalue weighted by Gasteiger charge is -2.58. The van der Waals surface area contributed by atoms with Gasteiger partial charge < -0.3 is 4.90 Å². The number of hydrogen-bond acceptors (Lipinski definition) is 1. The monoisotopic (exact) mass is 223 g/mol. The molecule has 1 aliphatic carbocycles. The molecule has 2 nitrogen and oxygen atoms in total. The standard InChI is InChI=1S/C14H25NO/c1-11(16)15-9-7-14(8-10-15)6-5-12(14)13(2,3)4/h12H,5-10H2,1-4H3. The third-order valence-corrected chi connectivity index (χ3v) is 4.92. The van der Waals surface area contributed by atoms with E-state index in [-0.39, 0.29) is 5.91 Å². The molecule has 92 valence electrons. The molecular weight excluding hydrogens is 198 g/mol. The Hall–Kier alpha value is -0.530. The van der Waals surface area contributed by atoms with Crippen LogP contribution < -0.4 is 0 Å². The van der Waals surface area contributed by atoms with Gasteiger partial charge in [-0.3, -0.25) is 4.79 Å². The normalized spacial score (nSPS) is 29.0. The lowest BCUT2D eigenvalue weighted by Crippen LogP contribution is -2.53. The molecule has 0 aromatic rings. The van der Waals surface area contributed by atoms with Gasteiger partial charge in [-0.05, 0) is 42.4 Å². The molecule has 1 heterocycles. The lowest BCUT2D eigenvalue weighted by atomic mass is 9.49. The zero-order valence-corrected chi connectivity index (χ0v) is 11.2. The largest absolute Gasteiger partial charge is 0.343 e. The van der Waals surface area contributed by atoms with Gasteiger partial charge in [-0.25, -0.2) is 0 Å². The van der Waals surface area contributed by atoms with Gasteiger partial charge in [0.1, 0.15) is 0 Å². The Morgan fingerprint density at radius 1 is 1.19 bits per heavy atom. The molecule has 0 radical (unpaired) electrons. The van der Waals surface area contributed by atoms with Crippen molar-refractivity contribution in [3.8, 4) is 0 Å². The van der Waals surface area contributed by atoms with Gasteiger partial charge in [-0.1, -0.05) is 20.8 Å². The average Bonchev–Trinajstić information content (AvgIpc) is 2.13. The molecule has 1 atom stereocenters. The fraction of sp³-hybridized carbons (Fsp3) is 0.929. The molecule has 0 aromatic carbocycles. The zero-order valence-electron chi connectivity index (χ0n) is 11.2. The van der Waals surface area contributed by atoms with Gasteiger partial charge in [-0.15, -0.1) is 0 Å². The topological polar surface area (TPSA) is 20.3 Å². The molecule has 1 aliphatic heterocycles. The van der Waals surface area contributed by atoms with Crippen molar-refractivity contribution in [1.29, 1.82) is 0 Å². The Kier molecular flexibility index (Phi) is 2.80. The highest BCUT2D eigenvalue weighted by Gasteiger charge is 2.52. The summed E-state index contributed by atoms with van der Waals surface area (Å²) in [6, 6.07) is 0. The van der Waals surface area contributed by atoms with Gasteiger partial charge in [0.2, 0.25) is 5.91 Å². The highest BCUT2D eigenvalue weighted by molar-refractivity contribution is 5.73. The van der Waals surface area contributed by atoms with Crippen LogP contribution in [0, 0.1) is 16.7 Å². The smallest absolute Gasteiger partial charge is 0.219 e. The van der Waals surface area contributed by atoms with Crippen molar-refractivity contribution in [2.75, 3.05) is 13.1 Å². The predicted molar refractivity (Wildman–Crippen MR) is 66.1 cm³/mol. The van der Waals surface area contributed by atoms with Crippen LogP contribution in [0.2, 0.25) is 0 Å². The van der Waals surface area contributed by atoms with Crippen LogP contribution in [0.4, 0.5) is 0 Å². The molecule has 16 heavy (non-hydrogen) atoms. The molecule has 0 N–H and O–H groups in total. The fourth-order valence-electron chi connectivity index (χ4n) is 3.91. The summed E-state index contributed by atoms with van der Waals surface area (Å²) in [5.74, 6) is 1.12. The number of carbonyl (C=O) groups is 1. The highest BCUT2D eigenvalue weighted by atomic mass is 16.2. The maximum absolute atomic E-state index is 11.3. The minimum absolute atomic E-state index is 0.251. The first-order valence-corrected chi connectivity index (χ1v) is 6.61. The summed E-state index contributed by atoms with van der Waals surface area (Å²) in [5.41, 5.74) is 1.01. The van der Waals surface area contributed by atoms with Crippen LogP contribution in [0.1, 0.15) is 53.4 Å². The maximum Gasteiger partial charge on any atom is 0.219 e. The van der Waals surface area contributed by atoms with Gasteiger partial charge in [0.05, 0.1) is 0 Å². The van der Waals surface area contributed by atoms with E-state index in [1.807, 2.05) is 4.90 Å². The molecule has 1 saturated carbocycles. The van der Waals surface area contributed by atoms with Crippen molar-refractivity contribution in [3.63, 3.8) is 0 Å². The molecule has 1 spiro atoms. The first-order valence-electron chi connectivity index (χ1n) is 6.61. The number of nitrogens with zero attached hydrogens (tertiary/aromatic N) is 1. The maximum atomic E-state index is 11.3. The minimum atomic E-state index is 0.251. The number of amides is 1. The highest BCUT2D eigenvalue weighted by Crippen LogP contribution is 2.59. The van der Waals surface area contributed by atoms with Gasteiger partial charge in [-0.2, -0.15) is 0 Å². The van der Waals surface area contributed by atoms with Crippen molar-refractivity contribution < 1.29 is 4.79 Å². The molecule has 0 aromatic heterocycles. The van der Waals surface area contributed by atoms with Gasteiger partial charge in [0, 0.05) is 20.0 Å². The van der Waals surface area contributed by atoms with Gasteiger partial charge in [0.25, 0.3) is 0 Å². The molecular formula is C14H25NO. The van der Waals surface area contributed by atoms with Crippen LogP contribution in [-0.4, -0.2) is 23.9 Å². The van der Waals surface area contributed by atoms with Crippen LogP contribution in [0.25, 0.3) is 0 Å². The molecule has 2 heteroatoms. The van der Waals surface area contributed by atoms with Crippen molar-refractivity contribution in [1.82, 2.24) is 4.90 Å². The third-order valence-electron chi connectivity index (χ3n) is 4.92. The number of hydrogen-bond donors (Lipinski definition) is 0. The number of piperidine rings is 1. The zero-order chi connectivity index (χ0) is 12.0. The summed E-state index contributed by atoms with van der Waals surface area (Å²) in [5, 5.41) is 0. The van der Waals surface area contributed by atoms with E-state index in [9.17, 15) is 4.79 Å². The van der Waals surface area contributed by atoms with Crippen molar-refractivity contribution in [2.24, 2.45) is 16.7 Å². The summed E-state index contributed by atoms with van der Waals surface area (Å²) in [6.45, 7) is 10.8. The van der Waals surface area contributed by atoms with E-state index in [0.29, 0.717) is 10.8 Å². The van der Waals surface area contributed by atoms with Crippen LogP contribution in [-0.2, 0) is 4.79 Å². The van der Waals surface area contributed by atoms with Crippen molar-refractivity contribution in [3.05, 3.63) is 0 Å². The molecule has 1 saturated heterocycles. The van der Waals surface area contributed by atoms with E-state index < -0.39 is 0 Å². The summed E-state index contributed by atoms with van der Waals surface area (Å²) in [7, 11) is 0. The SMILES string of the molecule is CC(=O)N1CCC2(CCC2C(C)(C)C)CC1. The average molecular weight is 223 g/mol. The van der Waals surface area contributed by atoms with Gasteiger partial charge >= 0.3 is 0 Å². The predicted octanol–water partition coefficient (Wildman–Crippen LogP) is 3.07. The van der Waals surface area contributed by atoms with E-state index in [0.717, 1.165) is 19.0 Å². The summed E-state index contributed by atoms with van der Waals surface area (Å²) in [6.07, 6.45) is 5.24. The fourth-order valence-corrected chi connectivity index (χ4v) is 3.91. The molecule has 2 fully saturated rings. The van der Waals surface area contributed by atoms with Crippen LogP contribution >= 0.6 is 0 Å². The Bertz CT molecular complexity index is 282. The Morgan fingerprint density at radius 3 is 2.06 bits per heavy atom. The molecule has 1 unspecified atom stereocenters. The molecule has 2 aliphatic rings. The second-order valence-corrected chi connectivity index (χ2v) is 6.83. The second kappa shape index (κ2) is 3.75. The quantitative estimate of drug-likeness (QED) is 0.618. The lowest BCUT2D eigenvalue weighted by molar-refractivity contribution is -0.137. The van der Waals surface area contributed by atoms with Crippen molar-refractivity contribution >= 4 is 5.91 Å². The second-order valence-electron chi connectivity index (χ2n) is 6.83.